The molecule has 3 rings (SSSR count). The Morgan fingerprint density at radius 1 is 1.18 bits per heavy atom. The highest BCUT2D eigenvalue weighted by Gasteiger charge is 2.28. The Balaban J connectivity index is 1.97. The second kappa shape index (κ2) is 8.84. The van der Waals surface area contributed by atoms with Gasteiger partial charge in [-0.3, -0.25) is 10.3 Å². The van der Waals surface area contributed by atoms with Crippen molar-refractivity contribution < 1.29 is 0 Å². The molecular weight excluding hydrogens is 364 g/mol. The number of hydrogen-bond acceptors (Lipinski definition) is 4. The number of likely N-dealkylation sites (N-methyl/N-ethyl adjacent to an activating group) is 1. The number of nitrogen functional groups attached to an aromatic ring is 1. The molecule has 0 aliphatic carbocycles. The van der Waals surface area contributed by atoms with E-state index in [2.05, 4.69) is 80.0 Å². The van der Waals surface area contributed by atoms with Gasteiger partial charge in [-0.2, -0.15) is 0 Å². The summed E-state index contributed by atoms with van der Waals surface area (Å²) in [7, 11) is 0. The molecule has 1 atom stereocenters. The fourth-order valence-electron chi connectivity index (χ4n) is 3.52. The number of nitrogens with one attached hydrogen (secondary N) is 1. The first kappa shape index (κ1) is 20.5. The molecule has 1 heterocycles. The van der Waals surface area contributed by atoms with Crippen LogP contribution in [0.5, 0.6) is 0 Å². The molecule has 4 nitrogen and oxygen atoms in total. The van der Waals surface area contributed by atoms with Crippen LogP contribution in [0, 0.1) is 5.41 Å². The summed E-state index contributed by atoms with van der Waals surface area (Å²) in [5.74, 6) is 0.109. The van der Waals surface area contributed by atoms with Crippen LogP contribution in [0.3, 0.4) is 0 Å². The lowest BCUT2D eigenvalue weighted by Gasteiger charge is -2.39. The van der Waals surface area contributed by atoms with Gasteiger partial charge in [0.05, 0.1) is 11.4 Å². The monoisotopic (exact) mass is 394 g/mol. The van der Waals surface area contributed by atoms with Crippen LogP contribution in [-0.2, 0) is 0 Å². The Hall–Kier alpha value is -2.24. The SMILES string of the molecule is CCN(CC=C(C)C)CC(C)N1c2ccccc2Sc2ccc(C(=N)N)cc21. The van der Waals surface area contributed by atoms with Crippen molar-refractivity contribution in [2.75, 3.05) is 24.5 Å². The number of allylic oxidation sites excluding steroid dienone is 1. The van der Waals surface area contributed by atoms with Crippen molar-refractivity contribution in [3.8, 4) is 0 Å². The molecule has 1 aliphatic rings. The van der Waals surface area contributed by atoms with Gasteiger partial charge in [0.25, 0.3) is 0 Å². The molecule has 0 radical (unpaired) electrons. The first-order valence-electron chi connectivity index (χ1n) is 9.81. The summed E-state index contributed by atoms with van der Waals surface area (Å²) in [6, 6.07) is 14.9. The minimum absolute atomic E-state index is 0.109. The second-order valence-corrected chi connectivity index (χ2v) is 8.60. The molecule has 28 heavy (non-hydrogen) atoms. The Morgan fingerprint density at radius 2 is 1.89 bits per heavy atom. The molecule has 1 aliphatic heterocycles. The smallest absolute Gasteiger partial charge is 0.122 e. The van der Waals surface area contributed by atoms with Gasteiger partial charge in [0.15, 0.2) is 0 Å². The normalized spacial score (nSPS) is 13.7. The molecule has 2 aromatic rings. The first-order valence-corrected chi connectivity index (χ1v) is 10.6. The lowest BCUT2D eigenvalue weighted by atomic mass is 10.1. The van der Waals surface area contributed by atoms with E-state index < -0.39 is 0 Å². The van der Waals surface area contributed by atoms with Gasteiger partial charge in [-0.05, 0) is 51.6 Å². The van der Waals surface area contributed by atoms with E-state index in [4.69, 9.17) is 11.1 Å². The molecule has 0 saturated heterocycles. The molecule has 0 fully saturated rings. The summed E-state index contributed by atoms with van der Waals surface area (Å²) in [5, 5.41) is 7.85. The largest absolute Gasteiger partial charge is 0.384 e. The van der Waals surface area contributed by atoms with Crippen LogP contribution in [0.4, 0.5) is 11.4 Å². The number of fused-ring (bicyclic) bond motifs is 2. The number of hydrogen-bond donors (Lipinski definition) is 2. The quantitative estimate of drug-likeness (QED) is 0.382. The van der Waals surface area contributed by atoms with Gasteiger partial charge in [0, 0.05) is 34.5 Å². The van der Waals surface area contributed by atoms with Crippen molar-refractivity contribution in [1.82, 2.24) is 4.90 Å². The van der Waals surface area contributed by atoms with Gasteiger partial charge >= 0.3 is 0 Å². The summed E-state index contributed by atoms with van der Waals surface area (Å²) in [6.45, 7) is 11.7. The molecule has 148 valence electrons. The van der Waals surface area contributed by atoms with Crippen LogP contribution >= 0.6 is 11.8 Å². The molecular formula is C23H30N4S. The van der Waals surface area contributed by atoms with Gasteiger partial charge in [-0.1, -0.05) is 48.5 Å². The maximum atomic E-state index is 7.85. The van der Waals surface area contributed by atoms with Gasteiger partial charge in [-0.15, -0.1) is 0 Å². The van der Waals surface area contributed by atoms with Crippen LogP contribution in [0.2, 0.25) is 0 Å². The molecule has 2 aromatic carbocycles. The van der Waals surface area contributed by atoms with Gasteiger partial charge in [-0.25, -0.2) is 0 Å². The zero-order chi connectivity index (χ0) is 20.3. The topological polar surface area (TPSA) is 56.4 Å². The van der Waals surface area contributed by atoms with Crippen LogP contribution in [0.25, 0.3) is 0 Å². The molecule has 5 heteroatoms. The van der Waals surface area contributed by atoms with Crippen molar-refractivity contribution in [3.63, 3.8) is 0 Å². The first-order chi connectivity index (χ1) is 13.4. The Labute approximate surface area is 172 Å². The lowest BCUT2D eigenvalue weighted by Crippen LogP contribution is -2.41. The van der Waals surface area contributed by atoms with E-state index in [0.29, 0.717) is 0 Å². The van der Waals surface area contributed by atoms with Gasteiger partial charge in [0.2, 0.25) is 0 Å². The minimum atomic E-state index is 0.109. The average molecular weight is 395 g/mol. The lowest BCUT2D eigenvalue weighted by molar-refractivity contribution is 0.301. The van der Waals surface area contributed by atoms with E-state index in [1.807, 2.05) is 6.07 Å². The van der Waals surface area contributed by atoms with Crippen molar-refractivity contribution in [1.29, 1.82) is 5.41 Å². The van der Waals surface area contributed by atoms with E-state index in [1.165, 1.54) is 21.1 Å². The van der Waals surface area contributed by atoms with Crippen molar-refractivity contribution in [2.45, 2.75) is 43.5 Å². The number of nitrogens with two attached hydrogens (primary N) is 1. The Kier molecular flexibility index (Phi) is 6.47. The summed E-state index contributed by atoms with van der Waals surface area (Å²) in [4.78, 5) is 7.36. The number of benzene rings is 2. The number of anilines is 2. The zero-order valence-electron chi connectivity index (χ0n) is 17.2. The van der Waals surface area contributed by atoms with E-state index in [-0.39, 0.29) is 11.9 Å². The zero-order valence-corrected chi connectivity index (χ0v) is 18.0. The van der Waals surface area contributed by atoms with Gasteiger partial charge < -0.3 is 10.6 Å². The summed E-state index contributed by atoms with van der Waals surface area (Å²) in [5.41, 5.74) is 10.3. The fourth-order valence-corrected chi connectivity index (χ4v) is 4.58. The van der Waals surface area contributed by atoms with Crippen molar-refractivity contribution in [3.05, 3.63) is 59.7 Å². The molecule has 0 aromatic heterocycles. The molecule has 1 unspecified atom stereocenters. The maximum absolute atomic E-state index is 7.85. The third-order valence-electron chi connectivity index (χ3n) is 5.04. The maximum Gasteiger partial charge on any atom is 0.122 e. The molecule has 3 N–H and O–H groups in total. The Bertz CT molecular complexity index is 886. The van der Waals surface area contributed by atoms with E-state index in [9.17, 15) is 0 Å². The highest BCUT2D eigenvalue weighted by atomic mass is 32.2. The average Bonchev–Trinajstić information content (AvgIpc) is 2.68. The fraction of sp³-hybridized carbons (Fsp3) is 0.348. The third kappa shape index (κ3) is 4.42. The Morgan fingerprint density at radius 3 is 2.57 bits per heavy atom. The highest BCUT2D eigenvalue weighted by molar-refractivity contribution is 7.99. The van der Waals surface area contributed by atoms with Crippen LogP contribution in [-0.4, -0.2) is 36.4 Å². The molecule has 0 amide bonds. The van der Waals surface area contributed by atoms with Crippen LogP contribution in [0.1, 0.15) is 33.3 Å². The standard InChI is InChI=1S/C23H30N4S/c1-5-26(13-12-16(2)3)15-17(4)27-19-8-6-7-9-21(19)28-22-11-10-18(23(24)25)14-20(22)27/h6-12,14,17H,5,13,15H2,1-4H3,(H3,24,25). The van der Waals surface area contributed by atoms with Crippen molar-refractivity contribution in [2.24, 2.45) is 5.73 Å². The van der Waals surface area contributed by atoms with E-state index in [1.54, 1.807) is 11.8 Å². The van der Waals surface area contributed by atoms with E-state index in [0.717, 1.165) is 30.9 Å². The number of para-hydroxylation sites is 1. The predicted octanol–water partition coefficient (Wildman–Crippen LogP) is 5.25. The predicted molar refractivity (Wildman–Crippen MR) is 121 cm³/mol. The van der Waals surface area contributed by atoms with Crippen LogP contribution < -0.4 is 10.6 Å². The van der Waals surface area contributed by atoms with Crippen LogP contribution in [0.15, 0.2) is 63.9 Å². The van der Waals surface area contributed by atoms with E-state index >= 15 is 0 Å². The van der Waals surface area contributed by atoms with Gasteiger partial charge in [0.1, 0.15) is 5.84 Å². The van der Waals surface area contributed by atoms with Crippen molar-refractivity contribution >= 4 is 29.0 Å². The number of rotatable bonds is 7. The second-order valence-electron chi connectivity index (χ2n) is 7.52. The number of amidine groups is 1. The molecule has 0 bridgehead atoms. The third-order valence-corrected chi connectivity index (χ3v) is 6.17. The minimum Gasteiger partial charge on any atom is -0.384 e. The highest BCUT2D eigenvalue weighted by Crippen LogP contribution is 2.49. The summed E-state index contributed by atoms with van der Waals surface area (Å²) >= 11 is 1.79. The number of nitrogens with zero attached hydrogens (tertiary/aromatic N) is 2. The summed E-state index contributed by atoms with van der Waals surface area (Å²) in [6.07, 6.45) is 2.29. The molecule has 0 saturated carbocycles. The molecule has 0 spiro atoms. The summed E-state index contributed by atoms with van der Waals surface area (Å²) < 4.78 is 0.